The number of carbonyl (C=O) groups excluding carboxylic acids is 1. The van der Waals surface area contributed by atoms with Gasteiger partial charge in [0.25, 0.3) is 5.91 Å². The Labute approximate surface area is 189 Å². The third-order valence-corrected chi connectivity index (χ3v) is 6.90. The first kappa shape index (κ1) is 20.1. The van der Waals surface area contributed by atoms with Crippen molar-refractivity contribution in [3.05, 3.63) is 57.9 Å². The molecule has 0 saturated carbocycles. The average Bonchev–Trinajstić information content (AvgIpc) is 3.46. The molecule has 1 fully saturated rings. The lowest BCUT2D eigenvalue weighted by Crippen LogP contribution is -2.35. The van der Waals surface area contributed by atoms with Gasteiger partial charge in [-0.15, -0.1) is 5.10 Å². The molecular weight excluding hydrogens is 432 g/mol. The maximum atomic E-state index is 12.8. The van der Waals surface area contributed by atoms with Gasteiger partial charge >= 0.3 is 0 Å². The predicted octanol–water partition coefficient (Wildman–Crippen LogP) is 4.42. The number of hydrogen-bond acceptors (Lipinski definition) is 5. The molecule has 0 radical (unpaired) electrons. The Morgan fingerprint density at radius 1 is 1.13 bits per heavy atom. The lowest BCUT2D eigenvalue weighted by atomic mass is 10.1. The summed E-state index contributed by atoms with van der Waals surface area (Å²) in [5.74, 6) is -0.342. The lowest BCUT2D eigenvalue weighted by molar-refractivity contribution is -0.114. The second-order valence-electron chi connectivity index (χ2n) is 7.74. The number of carbonyl (C=O) groups is 1. The van der Waals surface area contributed by atoms with Crippen molar-refractivity contribution in [2.24, 2.45) is 10.1 Å². The van der Waals surface area contributed by atoms with Gasteiger partial charge in [0.1, 0.15) is 0 Å². The average molecular weight is 453 g/mol. The van der Waals surface area contributed by atoms with E-state index in [1.165, 1.54) is 16.8 Å². The van der Waals surface area contributed by atoms with Crippen LogP contribution >= 0.6 is 23.4 Å². The normalized spacial score (nSPS) is 19.9. The van der Waals surface area contributed by atoms with Crippen molar-refractivity contribution >= 4 is 51.5 Å². The number of aliphatic imine (C=N–C) groups is 1. The summed E-state index contributed by atoms with van der Waals surface area (Å²) >= 11 is 7.39. The van der Waals surface area contributed by atoms with E-state index in [9.17, 15) is 4.79 Å². The summed E-state index contributed by atoms with van der Waals surface area (Å²) in [5, 5.41) is 16.6. The van der Waals surface area contributed by atoms with E-state index in [1.54, 1.807) is 6.08 Å². The number of amides is 1. The SMILES string of the molecule is Cc1cc(/C=C2/C(=N)N3N=C(N4CCCC4)SC3=NC2=O)c(C)n1-c1ccc(Cl)cc1. The van der Waals surface area contributed by atoms with Gasteiger partial charge in [-0.1, -0.05) is 11.6 Å². The Morgan fingerprint density at radius 3 is 2.55 bits per heavy atom. The molecule has 5 rings (SSSR count). The van der Waals surface area contributed by atoms with Crippen LogP contribution in [0.5, 0.6) is 0 Å². The molecule has 0 atom stereocenters. The number of halogens is 1. The van der Waals surface area contributed by atoms with E-state index in [4.69, 9.17) is 17.0 Å². The van der Waals surface area contributed by atoms with Gasteiger partial charge in [-0.2, -0.15) is 10.0 Å². The van der Waals surface area contributed by atoms with Gasteiger partial charge in [-0.3, -0.25) is 10.2 Å². The van der Waals surface area contributed by atoms with Crippen molar-refractivity contribution in [1.82, 2.24) is 14.5 Å². The second-order valence-corrected chi connectivity index (χ2v) is 9.11. The van der Waals surface area contributed by atoms with Crippen LogP contribution in [0.3, 0.4) is 0 Å². The molecule has 0 spiro atoms. The largest absolute Gasteiger partial charge is 0.349 e. The Balaban J connectivity index is 1.49. The number of fused-ring (bicyclic) bond motifs is 1. The third kappa shape index (κ3) is 3.49. The minimum absolute atomic E-state index is 0.0630. The van der Waals surface area contributed by atoms with Gasteiger partial charge in [0.2, 0.25) is 5.17 Å². The standard InChI is InChI=1S/C22H21ClN6OS/c1-13-11-15(14(2)28(13)17-7-5-16(23)6-8-17)12-18-19(24)29-21(25-20(18)30)31-22(26-29)27-9-3-4-10-27/h5-8,11-12,24H,3-4,9-10H2,1-2H3/b18-12-,24-19?. The highest BCUT2D eigenvalue weighted by Gasteiger charge is 2.37. The molecule has 3 aliphatic heterocycles. The number of likely N-dealkylation sites (tertiary alicyclic amines) is 1. The molecule has 1 saturated heterocycles. The van der Waals surface area contributed by atoms with Crippen molar-refractivity contribution in [2.45, 2.75) is 26.7 Å². The van der Waals surface area contributed by atoms with Crippen molar-refractivity contribution in [1.29, 1.82) is 5.41 Å². The van der Waals surface area contributed by atoms with Gasteiger partial charge in [-0.25, -0.2) is 0 Å². The number of hydrazone groups is 1. The molecule has 4 heterocycles. The van der Waals surface area contributed by atoms with Crippen LogP contribution in [-0.4, -0.2) is 49.6 Å². The van der Waals surface area contributed by atoms with Crippen LogP contribution in [-0.2, 0) is 4.79 Å². The van der Waals surface area contributed by atoms with E-state index < -0.39 is 5.91 Å². The van der Waals surface area contributed by atoms with E-state index in [-0.39, 0.29) is 11.4 Å². The maximum Gasteiger partial charge on any atom is 0.283 e. The summed E-state index contributed by atoms with van der Waals surface area (Å²) in [7, 11) is 0. The molecule has 158 valence electrons. The van der Waals surface area contributed by atoms with Gasteiger partial charge in [0.05, 0.1) is 5.57 Å². The predicted molar refractivity (Wildman–Crippen MR) is 126 cm³/mol. The minimum Gasteiger partial charge on any atom is -0.349 e. The number of nitrogens with one attached hydrogen (secondary N) is 1. The van der Waals surface area contributed by atoms with Crippen molar-refractivity contribution < 1.29 is 4.79 Å². The number of aromatic nitrogens is 1. The van der Waals surface area contributed by atoms with E-state index >= 15 is 0 Å². The van der Waals surface area contributed by atoms with Crippen LogP contribution in [0.15, 0.2) is 46.0 Å². The highest BCUT2D eigenvalue weighted by Crippen LogP contribution is 2.32. The highest BCUT2D eigenvalue weighted by molar-refractivity contribution is 8.26. The number of thioether (sulfide) groups is 1. The van der Waals surface area contributed by atoms with E-state index in [2.05, 4.69) is 19.6 Å². The molecule has 0 unspecified atom stereocenters. The van der Waals surface area contributed by atoms with Gasteiger partial charge in [0.15, 0.2) is 11.0 Å². The molecule has 1 N–H and O–H groups in total. The topological polar surface area (TPSA) is 77.1 Å². The molecule has 1 aromatic heterocycles. The quantitative estimate of drug-likeness (QED) is 0.684. The lowest BCUT2D eigenvalue weighted by Gasteiger charge is -2.20. The highest BCUT2D eigenvalue weighted by atomic mass is 35.5. The monoisotopic (exact) mass is 452 g/mol. The Morgan fingerprint density at radius 2 is 1.84 bits per heavy atom. The third-order valence-electron chi connectivity index (χ3n) is 5.68. The smallest absolute Gasteiger partial charge is 0.283 e. The Kier molecular flexibility index (Phi) is 4.98. The van der Waals surface area contributed by atoms with Crippen LogP contribution in [0.4, 0.5) is 0 Å². The first-order chi connectivity index (χ1) is 14.9. The van der Waals surface area contributed by atoms with Crippen molar-refractivity contribution in [3.8, 4) is 5.69 Å². The number of amidine groups is 3. The van der Waals surface area contributed by atoms with E-state index in [0.717, 1.165) is 53.7 Å². The molecule has 7 nitrogen and oxygen atoms in total. The van der Waals surface area contributed by atoms with Gasteiger partial charge in [0, 0.05) is 35.2 Å². The summed E-state index contributed by atoms with van der Waals surface area (Å²) in [5.41, 5.74) is 4.10. The fourth-order valence-electron chi connectivity index (χ4n) is 4.09. The number of nitrogens with zero attached hydrogens (tertiary/aromatic N) is 5. The summed E-state index contributed by atoms with van der Waals surface area (Å²) in [6.07, 6.45) is 4.02. The molecule has 2 aromatic rings. The molecule has 9 heteroatoms. The zero-order valence-corrected chi connectivity index (χ0v) is 18.8. The number of benzene rings is 1. The number of aryl methyl sites for hydroxylation is 1. The summed E-state index contributed by atoms with van der Waals surface area (Å²) < 4.78 is 2.10. The van der Waals surface area contributed by atoms with E-state index in [0.29, 0.717) is 10.2 Å². The molecule has 1 amide bonds. The zero-order valence-electron chi connectivity index (χ0n) is 17.2. The van der Waals surface area contributed by atoms with Gasteiger partial charge in [-0.05, 0) is 80.4 Å². The first-order valence-electron chi connectivity index (χ1n) is 10.1. The minimum atomic E-state index is -0.405. The van der Waals surface area contributed by atoms with Crippen LogP contribution in [0.25, 0.3) is 11.8 Å². The van der Waals surface area contributed by atoms with Crippen LogP contribution in [0.1, 0.15) is 29.8 Å². The molecule has 0 aliphatic carbocycles. The zero-order chi connectivity index (χ0) is 21.7. The van der Waals surface area contributed by atoms with E-state index in [1.807, 2.05) is 44.2 Å². The molecule has 3 aliphatic rings. The Hall–Kier alpha value is -2.84. The first-order valence-corrected chi connectivity index (χ1v) is 11.3. The van der Waals surface area contributed by atoms with Gasteiger partial charge < -0.3 is 9.47 Å². The summed E-state index contributed by atoms with van der Waals surface area (Å²) in [6, 6.07) is 9.63. The van der Waals surface area contributed by atoms with Crippen LogP contribution < -0.4 is 0 Å². The molecule has 31 heavy (non-hydrogen) atoms. The maximum absolute atomic E-state index is 12.8. The summed E-state index contributed by atoms with van der Waals surface area (Å²) in [6.45, 7) is 5.91. The van der Waals surface area contributed by atoms with Crippen LogP contribution in [0.2, 0.25) is 5.02 Å². The Bertz CT molecular complexity index is 1190. The number of rotatable bonds is 2. The number of hydrogen-bond donors (Lipinski definition) is 1. The fourth-order valence-corrected chi connectivity index (χ4v) is 5.17. The molecule has 0 bridgehead atoms. The summed E-state index contributed by atoms with van der Waals surface area (Å²) in [4.78, 5) is 19.2. The van der Waals surface area contributed by atoms with Crippen molar-refractivity contribution in [2.75, 3.05) is 13.1 Å². The van der Waals surface area contributed by atoms with Crippen molar-refractivity contribution in [3.63, 3.8) is 0 Å². The second kappa shape index (κ2) is 7.69. The molecule has 1 aromatic carbocycles. The molecular formula is C22H21ClN6OS. The van der Waals surface area contributed by atoms with Crippen LogP contribution in [0, 0.1) is 19.3 Å². The fraction of sp³-hybridized carbons (Fsp3) is 0.273.